The third-order valence-corrected chi connectivity index (χ3v) is 16.0. The maximum absolute atomic E-state index is 7.28. The Morgan fingerprint density at radius 3 is 0.704 bits per heavy atom. The second-order valence-electron chi connectivity index (χ2n) is 19.9. The van der Waals surface area contributed by atoms with E-state index in [0.717, 1.165) is 0 Å². The van der Waals surface area contributed by atoms with Gasteiger partial charge in [0.25, 0.3) is 0 Å². The second-order valence-corrected chi connectivity index (χ2v) is 19.9. The van der Waals surface area contributed by atoms with E-state index < -0.39 is 0 Å². The number of fused-ring (bicyclic) bond motifs is 9. The number of furan rings is 1. The Kier molecular flexibility index (Phi) is 13.9. The van der Waals surface area contributed by atoms with Gasteiger partial charge in [-0.1, -0.05) is 109 Å². The molecule has 0 fully saturated rings. The summed E-state index contributed by atoms with van der Waals surface area (Å²) in [5.41, 5.74) is -5.55. The molecule has 0 saturated carbocycles. The van der Waals surface area contributed by atoms with Crippen LogP contribution in [0.4, 0.5) is 0 Å². The highest BCUT2D eigenvalue weighted by atomic mass is 16.3. The first-order chi connectivity index (χ1) is 37.8. The quantitative estimate of drug-likeness (QED) is 0.0977. The van der Waals surface area contributed by atoms with E-state index in [-0.39, 0.29) is 273 Å². The van der Waals surface area contributed by atoms with Gasteiger partial charge in [0, 0.05) is 10.8 Å². The van der Waals surface area contributed by atoms with Gasteiger partial charge < -0.3 is 4.42 Å². The molecule has 0 aliphatic carbocycles. The summed E-state index contributed by atoms with van der Waals surface area (Å²) in [6.45, 7) is 0. The standard InChI is InChI=1S/C50B30O/c51-19-8-9-13(35(67)44(76)43(75)26(9)58)31(63)29(61)12(8)30(62)32(64)14(19)16-33(65)27(59)11(28(60)34(16)66)2-5-3(21(53)39(71)41(73)23(5)55)1(4-6(2)24(56)42(74)40(72)22(4)54)7-10-18-20(52)15-17(37(69)46(78)45(77)36(15)68)38(70)50(18)81-49(10)48(80)47(79)25(7)57. The summed E-state index contributed by atoms with van der Waals surface area (Å²) in [5, 5.41) is 0.557. The average molecular weight is 941 g/mol. The largest absolute Gasteiger partial charge is 0.457 e. The van der Waals surface area contributed by atoms with Crippen LogP contribution < -0.4 is 164 Å². The lowest BCUT2D eigenvalue weighted by Gasteiger charge is -2.33. The molecule has 60 radical (unpaired) electrons. The molecule has 1 heterocycles. The van der Waals surface area contributed by atoms with E-state index in [2.05, 4.69) is 0 Å². The van der Waals surface area contributed by atoms with Crippen molar-refractivity contribution in [2.45, 2.75) is 0 Å². The summed E-state index contributed by atoms with van der Waals surface area (Å²) in [6.07, 6.45) is 0. The number of hydrogen-bond acceptors (Lipinski definition) is 1. The zero-order valence-electron chi connectivity index (χ0n) is 42.7. The van der Waals surface area contributed by atoms with Gasteiger partial charge in [-0.2, -0.15) is 0 Å². The van der Waals surface area contributed by atoms with Crippen LogP contribution in [0, 0.1) is 0 Å². The van der Waals surface area contributed by atoms with Crippen LogP contribution in [0.15, 0.2) is 4.42 Å². The first-order valence-electron chi connectivity index (χ1n) is 23.8. The predicted molar refractivity (Wildman–Crippen MR) is 379 cm³/mol. The summed E-state index contributed by atoms with van der Waals surface area (Å²) in [7, 11) is 205. The molecule has 0 unspecified atom stereocenters. The summed E-state index contributed by atoms with van der Waals surface area (Å²) in [5.74, 6) is 0. The summed E-state index contributed by atoms with van der Waals surface area (Å²) < 4.78 is 6.53. The first-order valence-corrected chi connectivity index (χ1v) is 23.8. The Morgan fingerprint density at radius 2 is 0.321 bits per heavy atom. The minimum atomic E-state index is -0.305. The van der Waals surface area contributed by atoms with Gasteiger partial charge in [-0.05, 0) is 92.7 Å². The first kappa shape index (κ1) is 58.0. The number of benzene rings is 10. The molecule has 0 atom stereocenters. The lowest BCUT2D eigenvalue weighted by atomic mass is 9.55. The maximum atomic E-state index is 7.28. The van der Waals surface area contributed by atoms with Gasteiger partial charge in [0.1, 0.15) is 247 Å². The minimum absolute atomic E-state index is 0.0221. The molecular weight excluding hydrogens is 941 g/mol. The summed E-state index contributed by atoms with van der Waals surface area (Å²) >= 11 is 0. The molecule has 296 valence electrons. The van der Waals surface area contributed by atoms with E-state index in [1.54, 1.807) is 0 Å². The molecule has 1 nitrogen and oxygen atoms in total. The number of rotatable bonds is 3. The molecule has 31 heteroatoms. The van der Waals surface area contributed by atoms with Gasteiger partial charge in [0.05, 0.1) is 0 Å². The molecule has 0 N–H and O–H groups in total. The van der Waals surface area contributed by atoms with Gasteiger partial charge in [-0.15, -0.1) is 49.2 Å². The molecule has 10 aromatic carbocycles. The van der Waals surface area contributed by atoms with Crippen LogP contribution in [0.2, 0.25) is 0 Å². The second kappa shape index (κ2) is 19.4. The van der Waals surface area contributed by atoms with E-state index in [0.29, 0.717) is 0 Å². The fourth-order valence-corrected chi connectivity index (χ4v) is 11.8. The maximum Gasteiger partial charge on any atom is 0.128 e. The van der Waals surface area contributed by atoms with Crippen molar-refractivity contribution in [2.24, 2.45) is 0 Å². The average Bonchev–Trinajstić information content (AvgIpc) is 2.35. The third-order valence-electron chi connectivity index (χ3n) is 16.0. The smallest absolute Gasteiger partial charge is 0.128 e. The number of hydrogen-bond donors (Lipinski definition) is 0. The van der Waals surface area contributed by atoms with Crippen molar-refractivity contribution in [1.82, 2.24) is 0 Å². The normalized spacial score (nSPS) is 12.0. The van der Waals surface area contributed by atoms with Gasteiger partial charge in [-0.3, -0.25) is 0 Å². The molecule has 11 rings (SSSR count). The van der Waals surface area contributed by atoms with Crippen LogP contribution in [-0.2, 0) is 0 Å². The lowest BCUT2D eigenvalue weighted by molar-refractivity contribution is 0.675. The van der Waals surface area contributed by atoms with Crippen LogP contribution >= 0.6 is 0 Å². The van der Waals surface area contributed by atoms with Crippen molar-refractivity contribution in [1.29, 1.82) is 0 Å². The molecule has 0 spiro atoms. The van der Waals surface area contributed by atoms with Gasteiger partial charge in [0.2, 0.25) is 0 Å². The summed E-state index contributed by atoms with van der Waals surface area (Å²) in [4.78, 5) is 0. The Balaban J connectivity index is 1.37. The van der Waals surface area contributed by atoms with Crippen molar-refractivity contribution in [3.63, 3.8) is 0 Å². The van der Waals surface area contributed by atoms with Crippen molar-refractivity contribution >= 4 is 475 Å². The van der Waals surface area contributed by atoms with Gasteiger partial charge >= 0.3 is 0 Å². The molecular formula is C50B30O. The van der Waals surface area contributed by atoms with E-state index in [1.165, 1.54) is 0 Å². The molecule has 0 saturated heterocycles. The SMILES string of the molecule is [B]c1c([B])c(-c2c3c([B])c([B])c([B])c([B])c3c(-c3c([B])c([B])c([B])c4oc5c([B])c6c([B])c([B])c([B])c([B])c6c([B])c5c34)c3c([B])c([B])c([B])c([B])c23)c([B])c([B])c1-c1c([B])c([B])c2c([B])c([B])c3c([B])c([B])c([B])c([B])c3c2c1[B]. The zero-order valence-corrected chi connectivity index (χ0v) is 42.7. The lowest BCUT2D eigenvalue weighted by Crippen LogP contribution is -2.52. The molecule has 0 aliphatic heterocycles. The fourth-order valence-electron chi connectivity index (χ4n) is 11.8. The Bertz CT molecular complexity index is 4820. The van der Waals surface area contributed by atoms with E-state index in [1.807, 2.05) is 0 Å². The topological polar surface area (TPSA) is 13.1 Å². The molecule has 0 bridgehead atoms. The molecule has 81 heavy (non-hydrogen) atoms. The van der Waals surface area contributed by atoms with Crippen LogP contribution in [0.25, 0.3) is 109 Å². The Labute approximate surface area is 509 Å². The van der Waals surface area contributed by atoms with E-state index >= 15 is 0 Å². The van der Waals surface area contributed by atoms with Crippen molar-refractivity contribution in [3.05, 3.63) is 0 Å². The Hall–Kier alpha value is -4.75. The van der Waals surface area contributed by atoms with Crippen LogP contribution in [0.5, 0.6) is 0 Å². The summed E-state index contributed by atoms with van der Waals surface area (Å²) in [6, 6.07) is 0. The van der Waals surface area contributed by atoms with Crippen molar-refractivity contribution in [3.8, 4) is 33.4 Å². The van der Waals surface area contributed by atoms with Crippen LogP contribution in [0.1, 0.15) is 0 Å². The fraction of sp³-hybridized carbons (Fsp3) is 0. The monoisotopic (exact) mass is 946 g/mol. The zero-order chi connectivity index (χ0) is 59.6. The molecule has 1 aromatic heterocycles. The third kappa shape index (κ3) is 7.30. The molecule has 0 aliphatic rings. The minimum Gasteiger partial charge on any atom is -0.457 e. The highest BCUT2D eigenvalue weighted by Gasteiger charge is 2.32. The predicted octanol–water partition coefficient (Wildman–Crippen LogP) is -21.8. The molecule has 11 aromatic rings. The van der Waals surface area contributed by atoms with Crippen molar-refractivity contribution in [2.75, 3.05) is 0 Å². The van der Waals surface area contributed by atoms with Gasteiger partial charge in [-0.25, -0.2) is 0 Å². The van der Waals surface area contributed by atoms with E-state index in [9.17, 15) is 0 Å². The van der Waals surface area contributed by atoms with Crippen molar-refractivity contribution < 1.29 is 4.42 Å². The van der Waals surface area contributed by atoms with Gasteiger partial charge in [0.15, 0.2) is 0 Å². The molecule has 0 amide bonds. The Morgan fingerprint density at radius 1 is 0.111 bits per heavy atom. The highest BCUT2D eigenvalue weighted by molar-refractivity contribution is 6.79. The van der Waals surface area contributed by atoms with Crippen LogP contribution in [0.3, 0.4) is 0 Å². The van der Waals surface area contributed by atoms with E-state index in [4.69, 9.17) is 240 Å². The van der Waals surface area contributed by atoms with Crippen LogP contribution in [-0.4, -0.2) is 235 Å². The highest BCUT2D eigenvalue weighted by Crippen LogP contribution is 2.43.